The van der Waals surface area contributed by atoms with Crippen LogP contribution in [-0.2, 0) is 20.8 Å². The molecule has 1 aliphatic rings. The maximum absolute atomic E-state index is 13.1. The topological polar surface area (TPSA) is 111 Å². The first-order valence-electron chi connectivity index (χ1n) is 8.55. The van der Waals surface area contributed by atoms with Crippen molar-refractivity contribution in [3.63, 3.8) is 0 Å². The van der Waals surface area contributed by atoms with Gasteiger partial charge >= 0.3 is 0 Å². The summed E-state index contributed by atoms with van der Waals surface area (Å²) in [6, 6.07) is 4.13. The molecule has 144 valence electrons. The highest BCUT2D eigenvalue weighted by Crippen LogP contribution is 2.15. The molecule has 9 heteroatoms. The van der Waals surface area contributed by atoms with Crippen LogP contribution >= 0.6 is 0 Å². The monoisotopic (exact) mass is 378 g/mol. The summed E-state index contributed by atoms with van der Waals surface area (Å²) in [6.45, 7) is 0.228. The zero-order valence-electron chi connectivity index (χ0n) is 14.6. The van der Waals surface area contributed by atoms with Gasteiger partial charge in [0.2, 0.25) is 17.7 Å². The number of hydrogen-bond acceptors (Lipinski definition) is 4. The molecule has 3 amide bonds. The summed E-state index contributed by atoms with van der Waals surface area (Å²) in [5.74, 6) is -2.89. The van der Waals surface area contributed by atoms with Crippen LogP contribution in [0, 0.1) is 28.9 Å². The van der Waals surface area contributed by atoms with Crippen molar-refractivity contribution in [1.29, 1.82) is 5.26 Å². The molecular weight excluding hydrogens is 358 g/mol. The molecule has 2 atom stereocenters. The standard InChI is InChI=1S/C18H20F2N4O3/c19-13-5-11(6-14(20)8-13)1-2-16(25)23-10-17(26)24-15(9-21)7-12-3-4-22-18(12)27/h5-6,8,12,15H,1-4,7,10H2,(H,22,27)(H,23,25)(H,24,26). The Morgan fingerprint density at radius 2 is 1.96 bits per heavy atom. The molecule has 1 aliphatic heterocycles. The number of benzene rings is 1. The van der Waals surface area contributed by atoms with Crippen LogP contribution in [0.4, 0.5) is 8.78 Å². The van der Waals surface area contributed by atoms with Crippen LogP contribution in [-0.4, -0.2) is 36.9 Å². The Morgan fingerprint density at radius 3 is 2.56 bits per heavy atom. The van der Waals surface area contributed by atoms with Crippen LogP contribution in [0.5, 0.6) is 0 Å². The zero-order valence-corrected chi connectivity index (χ0v) is 14.6. The second kappa shape index (κ2) is 9.62. The predicted octanol–water partition coefficient (Wildman–Crippen LogP) is 0.548. The zero-order chi connectivity index (χ0) is 19.8. The molecule has 0 saturated carbocycles. The van der Waals surface area contributed by atoms with Gasteiger partial charge < -0.3 is 16.0 Å². The minimum Gasteiger partial charge on any atom is -0.356 e. The van der Waals surface area contributed by atoms with Gasteiger partial charge in [0, 0.05) is 24.9 Å². The van der Waals surface area contributed by atoms with Crippen LogP contribution < -0.4 is 16.0 Å². The number of aryl methyl sites for hydroxylation is 1. The highest BCUT2D eigenvalue weighted by Gasteiger charge is 2.27. The lowest BCUT2D eigenvalue weighted by molar-refractivity contribution is -0.126. The highest BCUT2D eigenvalue weighted by atomic mass is 19.1. The first kappa shape index (κ1) is 20.3. The van der Waals surface area contributed by atoms with E-state index in [0.717, 1.165) is 18.2 Å². The van der Waals surface area contributed by atoms with Gasteiger partial charge in [0.25, 0.3) is 0 Å². The fourth-order valence-corrected chi connectivity index (χ4v) is 2.82. The summed E-state index contributed by atoms with van der Waals surface area (Å²) in [6.07, 6.45) is 0.914. The summed E-state index contributed by atoms with van der Waals surface area (Å²) in [4.78, 5) is 35.2. The molecule has 0 radical (unpaired) electrons. The van der Waals surface area contributed by atoms with Crippen molar-refractivity contribution in [2.24, 2.45) is 5.92 Å². The number of halogens is 2. The third kappa shape index (κ3) is 6.66. The number of amides is 3. The van der Waals surface area contributed by atoms with Gasteiger partial charge in [-0.05, 0) is 37.0 Å². The second-order valence-electron chi connectivity index (χ2n) is 6.32. The molecule has 1 aromatic carbocycles. The number of carbonyl (C=O) groups is 3. The van der Waals surface area contributed by atoms with Crippen molar-refractivity contribution in [1.82, 2.24) is 16.0 Å². The van der Waals surface area contributed by atoms with Crippen LogP contribution in [0.2, 0.25) is 0 Å². The van der Waals surface area contributed by atoms with E-state index in [2.05, 4.69) is 16.0 Å². The van der Waals surface area contributed by atoms with Crippen LogP contribution in [0.15, 0.2) is 18.2 Å². The molecule has 1 fully saturated rings. The molecule has 3 N–H and O–H groups in total. The number of rotatable bonds is 8. The molecule has 0 spiro atoms. The van der Waals surface area contributed by atoms with E-state index in [1.807, 2.05) is 6.07 Å². The number of carbonyl (C=O) groups excluding carboxylic acids is 3. The van der Waals surface area contributed by atoms with Gasteiger partial charge in [0.05, 0.1) is 12.6 Å². The minimum atomic E-state index is -0.821. The smallest absolute Gasteiger partial charge is 0.240 e. The molecule has 27 heavy (non-hydrogen) atoms. The lowest BCUT2D eigenvalue weighted by atomic mass is 9.99. The normalized spacial score (nSPS) is 16.9. The molecular formula is C18H20F2N4O3. The Morgan fingerprint density at radius 1 is 1.26 bits per heavy atom. The largest absolute Gasteiger partial charge is 0.356 e. The van der Waals surface area contributed by atoms with E-state index in [9.17, 15) is 23.2 Å². The highest BCUT2D eigenvalue weighted by molar-refractivity contribution is 5.85. The number of hydrogen-bond donors (Lipinski definition) is 3. The first-order chi connectivity index (χ1) is 12.9. The molecule has 2 unspecified atom stereocenters. The quantitative estimate of drug-likeness (QED) is 0.613. The maximum atomic E-state index is 13.1. The lowest BCUT2D eigenvalue weighted by Gasteiger charge is -2.14. The van der Waals surface area contributed by atoms with Crippen molar-refractivity contribution in [3.8, 4) is 6.07 Å². The Kier molecular flexibility index (Phi) is 7.23. The van der Waals surface area contributed by atoms with Gasteiger partial charge in [-0.2, -0.15) is 5.26 Å². The summed E-state index contributed by atoms with van der Waals surface area (Å²) in [5, 5.41) is 16.6. The van der Waals surface area contributed by atoms with Gasteiger partial charge in [-0.15, -0.1) is 0 Å². The van der Waals surface area contributed by atoms with Gasteiger partial charge in [0.15, 0.2) is 0 Å². The summed E-state index contributed by atoms with van der Waals surface area (Å²) in [7, 11) is 0. The van der Waals surface area contributed by atoms with Crippen LogP contribution in [0.25, 0.3) is 0 Å². The molecule has 1 saturated heterocycles. The van der Waals surface area contributed by atoms with E-state index in [4.69, 9.17) is 5.26 Å². The van der Waals surface area contributed by atoms with Crippen molar-refractivity contribution in [2.45, 2.75) is 31.7 Å². The minimum absolute atomic E-state index is 0.0416. The Balaban J connectivity index is 1.71. The molecule has 0 aromatic heterocycles. The van der Waals surface area contributed by atoms with Gasteiger partial charge in [-0.1, -0.05) is 0 Å². The van der Waals surface area contributed by atoms with Crippen LogP contribution in [0.3, 0.4) is 0 Å². The molecule has 7 nitrogen and oxygen atoms in total. The first-order valence-corrected chi connectivity index (χ1v) is 8.55. The van der Waals surface area contributed by atoms with E-state index < -0.39 is 29.5 Å². The van der Waals surface area contributed by atoms with Crippen molar-refractivity contribution in [2.75, 3.05) is 13.1 Å². The number of nitrogens with zero attached hydrogens (tertiary/aromatic N) is 1. The van der Waals surface area contributed by atoms with E-state index in [1.165, 1.54) is 0 Å². The SMILES string of the molecule is N#CC(CC1CCNC1=O)NC(=O)CNC(=O)CCc1cc(F)cc(F)c1. The Bertz CT molecular complexity index is 743. The fourth-order valence-electron chi connectivity index (χ4n) is 2.82. The third-order valence-corrected chi connectivity index (χ3v) is 4.18. The van der Waals surface area contributed by atoms with E-state index in [-0.39, 0.29) is 37.6 Å². The lowest BCUT2D eigenvalue weighted by Crippen LogP contribution is -2.42. The average molecular weight is 378 g/mol. The summed E-state index contributed by atoms with van der Waals surface area (Å²) >= 11 is 0. The average Bonchev–Trinajstić information content (AvgIpc) is 3.01. The van der Waals surface area contributed by atoms with Crippen molar-refractivity contribution in [3.05, 3.63) is 35.4 Å². The summed E-state index contributed by atoms with van der Waals surface area (Å²) in [5.41, 5.74) is 0.339. The summed E-state index contributed by atoms with van der Waals surface area (Å²) < 4.78 is 26.2. The molecule has 1 heterocycles. The second-order valence-corrected chi connectivity index (χ2v) is 6.32. The van der Waals surface area contributed by atoms with Crippen LogP contribution in [0.1, 0.15) is 24.8 Å². The van der Waals surface area contributed by atoms with Gasteiger partial charge in [0.1, 0.15) is 17.7 Å². The Labute approximate surface area is 155 Å². The predicted molar refractivity (Wildman–Crippen MR) is 91.0 cm³/mol. The van der Waals surface area contributed by atoms with E-state index in [0.29, 0.717) is 18.5 Å². The van der Waals surface area contributed by atoms with E-state index in [1.54, 1.807) is 0 Å². The molecule has 2 rings (SSSR count). The number of nitriles is 1. The number of nitrogens with one attached hydrogen (secondary N) is 3. The molecule has 0 aliphatic carbocycles. The van der Waals surface area contributed by atoms with E-state index >= 15 is 0 Å². The molecule has 0 bridgehead atoms. The van der Waals surface area contributed by atoms with Crippen molar-refractivity contribution >= 4 is 17.7 Å². The van der Waals surface area contributed by atoms with Crippen molar-refractivity contribution < 1.29 is 23.2 Å². The fraction of sp³-hybridized carbons (Fsp3) is 0.444. The Hall–Kier alpha value is -3.02. The molecule has 1 aromatic rings. The van der Waals surface area contributed by atoms with Gasteiger partial charge in [-0.25, -0.2) is 8.78 Å². The third-order valence-electron chi connectivity index (χ3n) is 4.18. The maximum Gasteiger partial charge on any atom is 0.240 e. The van der Waals surface area contributed by atoms with Gasteiger partial charge in [-0.3, -0.25) is 14.4 Å².